The van der Waals surface area contributed by atoms with Crippen molar-refractivity contribution < 1.29 is 54.7 Å². The van der Waals surface area contributed by atoms with Crippen LogP contribution in [0.25, 0.3) is 0 Å². The van der Waals surface area contributed by atoms with Gasteiger partial charge in [-0.05, 0) is 0 Å². The minimum atomic E-state index is 0. The van der Waals surface area contributed by atoms with Crippen molar-refractivity contribution in [3.05, 3.63) is 0 Å². The molecule has 42 valence electrons. The third-order valence-corrected chi connectivity index (χ3v) is 0. The average Bonchev–Trinajstić information content (AvgIpc) is 0. The number of rotatable bonds is 0. The van der Waals surface area contributed by atoms with Crippen LogP contribution in [0, 0.1) is 0 Å². The van der Waals surface area contributed by atoms with E-state index in [4.69, 9.17) is 0 Å². The Morgan fingerprint density at radius 1 is 0.333 bits per heavy atom. The molecule has 0 aliphatic carbocycles. The van der Waals surface area contributed by atoms with Crippen LogP contribution >= 0.6 is 0 Å². The van der Waals surface area contributed by atoms with Crippen molar-refractivity contribution in [2.45, 2.75) is 0 Å². The SMILES string of the molecule is O.O.O.O.O.[Cd]. The third kappa shape index (κ3) is 125. The van der Waals surface area contributed by atoms with Crippen molar-refractivity contribution in [2.75, 3.05) is 0 Å². The van der Waals surface area contributed by atoms with Gasteiger partial charge < -0.3 is 27.4 Å². The Labute approximate surface area is 55.1 Å². The van der Waals surface area contributed by atoms with E-state index in [1.54, 1.807) is 0 Å². The Balaban J connectivity index is 0. The van der Waals surface area contributed by atoms with E-state index in [-0.39, 0.29) is 54.7 Å². The molecule has 0 spiro atoms. The van der Waals surface area contributed by atoms with Crippen LogP contribution in [0.15, 0.2) is 0 Å². The Morgan fingerprint density at radius 2 is 0.333 bits per heavy atom. The quantitative estimate of drug-likeness (QED) is 0.350. The summed E-state index contributed by atoms with van der Waals surface area (Å²) in [5.74, 6) is 0. The minimum Gasteiger partial charge on any atom is -0.412 e. The zero-order chi connectivity index (χ0) is 0. The summed E-state index contributed by atoms with van der Waals surface area (Å²) >= 11 is 0. The first kappa shape index (κ1) is 422. The van der Waals surface area contributed by atoms with Crippen LogP contribution < -0.4 is 0 Å². The van der Waals surface area contributed by atoms with Gasteiger partial charge in [0.1, 0.15) is 0 Å². The normalized spacial score (nSPS) is 0. The van der Waals surface area contributed by atoms with Crippen molar-refractivity contribution in [1.29, 1.82) is 0 Å². The maximum Gasteiger partial charge on any atom is 0 e. The van der Waals surface area contributed by atoms with Crippen molar-refractivity contribution in [3.63, 3.8) is 0 Å². The van der Waals surface area contributed by atoms with Crippen LogP contribution in [0.1, 0.15) is 0 Å². The summed E-state index contributed by atoms with van der Waals surface area (Å²) < 4.78 is 0. The number of hydrogen-bond donors (Lipinski definition) is 0. The van der Waals surface area contributed by atoms with E-state index in [1.807, 2.05) is 0 Å². The fraction of sp³-hybridized carbons (Fsp3) is 0. The monoisotopic (exact) mass is 204 g/mol. The Morgan fingerprint density at radius 3 is 0.333 bits per heavy atom. The zero-order valence-corrected chi connectivity index (χ0v) is 7.24. The fourth-order valence-corrected chi connectivity index (χ4v) is 0. The summed E-state index contributed by atoms with van der Waals surface area (Å²) in [6.07, 6.45) is 0. The molecule has 0 saturated heterocycles. The van der Waals surface area contributed by atoms with Gasteiger partial charge in [0, 0.05) is 27.3 Å². The molecule has 0 atom stereocenters. The van der Waals surface area contributed by atoms with E-state index in [0.717, 1.165) is 0 Å². The van der Waals surface area contributed by atoms with Crippen LogP contribution in [0.2, 0.25) is 0 Å². The molecule has 0 amide bonds. The second kappa shape index (κ2) is 245. The van der Waals surface area contributed by atoms with Gasteiger partial charge in [0.05, 0.1) is 0 Å². The van der Waals surface area contributed by atoms with Crippen LogP contribution in [-0.2, 0) is 27.3 Å². The molecule has 10 N–H and O–H groups in total. The molecule has 0 fully saturated rings. The summed E-state index contributed by atoms with van der Waals surface area (Å²) in [6.45, 7) is 0. The Kier molecular flexibility index (Phi) is 17200. The molecule has 0 saturated carbocycles. The maximum absolute atomic E-state index is 0. The van der Waals surface area contributed by atoms with Crippen LogP contribution in [-0.4, -0.2) is 27.4 Å². The molecule has 0 radical (unpaired) electrons. The van der Waals surface area contributed by atoms with Crippen molar-refractivity contribution in [3.8, 4) is 0 Å². The first-order chi connectivity index (χ1) is 0. The molecule has 0 aromatic heterocycles. The molecule has 0 unspecified atom stereocenters. The maximum atomic E-state index is 0. The summed E-state index contributed by atoms with van der Waals surface area (Å²) in [5, 5.41) is 0. The van der Waals surface area contributed by atoms with Gasteiger partial charge in [-0.3, -0.25) is 0 Å². The van der Waals surface area contributed by atoms with Crippen LogP contribution in [0.4, 0.5) is 0 Å². The van der Waals surface area contributed by atoms with E-state index >= 15 is 0 Å². The Bertz CT molecular complexity index is 3.90. The topological polar surface area (TPSA) is 158 Å². The first-order valence-corrected chi connectivity index (χ1v) is 0. The van der Waals surface area contributed by atoms with Gasteiger partial charge in [-0.2, -0.15) is 0 Å². The molecule has 0 aliphatic heterocycles. The molecule has 0 bridgehead atoms. The van der Waals surface area contributed by atoms with Gasteiger partial charge in [0.25, 0.3) is 0 Å². The van der Waals surface area contributed by atoms with Crippen molar-refractivity contribution >= 4 is 0 Å². The van der Waals surface area contributed by atoms with Crippen LogP contribution in [0.3, 0.4) is 0 Å². The van der Waals surface area contributed by atoms with E-state index < -0.39 is 0 Å². The van der Waals surface area contributed by atoms with Gasteiger partial charge >= 0.3 is 0 Å². The molecule has 5 nitrogen and oxygen atoms in total. The minimum absolute atomic E-state index is 0. The smallest absolute Gasteiger partial charge is 0 e. The molecular weight excluding hydrogens is 192 g/mol. The predicted molar refractivity (Wildman–Crippen MR) is 18.1 cm³/mol. The first-order valence-electron chi connectivity index (χ1n) is 0. The molecule has 0 aliphatic rings. The van der Waals surface area contributed by atoms with Crippen molar-refractivity contribution in [2.24, 2.45) is 0 Å². The molecule has 6 heteroatoms. The van der Waals surface area contributed by atoms with Gasteiger partial charge in [-0.1, -0.05) is 0 Å². The largest absolute Gasteiger partial charge is 0.412 e. The summed E-state index contributed by atoms with van der Waals surface area (Å²) in [5.41, 5.74) is 0. The van der Waals surface area contributed by atoms with Crippen molar-refractivity contribution in [1.82, 2.24) is 0 Å². The molecular formula is H10CdO5. The summed E-state index contributed by atoms with van der Waals surface area (Å²) in [4.78, 5) is 0. The molecule has 6 heavy (non-hydrogen) atoms. The van der Waals surface area contributed by atoms with Gasteiger partial charge in [0.2, 0.25) is 0 Å². The zero-order valence-electron chi connectivity index (χ0n) is 3.21. The Hall–Kier alpha value is 0.722. The summed E-state index contributed by atoms with van der Waals surface area (Å²) in [6, 6.07) is 0. The average molecular weight is 202 g/mol. The molecule has 0 aromatic rings. The van der Waals surface area contributed by atoms with Gasteiger partial charge in [-0.25, -0.2) is 0 Å². The second-order valence-corrected chi connectivity index (χ2v) is 0. The van der Waals surface area contributed by atoms with E-state index in [0.29, 0.717) is 0 Å². The fourth-order valence-electron chi connectivity index (χ4n) is 0. The molecule has 0 rings (SSSR count). The van der Waals surface area contributed by atoms with Crippen LogP contribution in [0.5, 0.6) is 0 Å². The third-order valence-electron chi connectivity index (χ3n) is 0. The van der Waals surface area contributed by atoms with E-state index in [9.17, 15) is 0 Å². The molecule has 0 aromatic carbocycles. The van der Waals surface area contributed by atoms with E-state index in [1.165, 1.54) is 0 Å². The predicted octanol–water partition coefficient (Wildman–Crippen LogP) is -4.13. The van der Waals surface area contributed by atoms with Gasteiger partial charge in [0.15, 0.2) is 0 Å². The standard InChI is InChI=1S/Cd.5H2O/h;5*1H2. The van der Waals surface area contributed by atoms with E-state index in [2.05, 4.69) is 0 Å². The molecule has 0 heterocycles. The van der Waals surface area contributed by atoms with Gasteiger partial charge in [-0.15, -0.1) is 0 Å². The summed E-state index contributed by atoms with van der Waals surface area (Å²) in [7, 11) is 0. The number of hydrogen-bond acceptors (Lipinski definition) is 0. The second-order valence-electron chi connectivity index (χ2n) is 0.